The van der Waals surface area contributed by atoms with Crippen molar-refractivity contribution in [3.8, 4) is 17.0 Å². The van der Waals surface area contributed by atoms with Crippen LogP contribution >= 0.6 is 0 Å². The Bertz CT molecular complexity index is 946. The molecule has 0 N–H and O–H groups in total. The van der Waals surface area contributed by atoms with Gasteiger partial charge in [0, 0.05) is 49.2 Å². The third-order valence-corrected chi connectivity index (χ3v) is 4.48. The molecule has 1 amide bonds. The van der Waals surface area contributed by atoms with Gasteiger partial charge in [-0.1, -0.05) is 0 Å². The second kappa shape index (κ2) is 6.87. The fourth-order valence-corrected chi connectivity index (χ4v) is 3.16. The third-order valence-electron chi connectivity index (χ3n) is 4.48. The van der Waals surface area contributed by atoms with Crippen molar-refractivity contribution in [2.75, 3.05) is 13.7 Å². The Morgan fingerprint density at radius 2 is 1.92 bits per heavy atom. The van der Waals surface area contributed by atoms with E-state index in [1.807, 2.05) is 12.1 Å². The number of carbonyl (C=O) groups excluding carboxylic acids is 1. The molecule has 4 heterocycles. The van der Waals surface area contributed by atoms with Gasteiger partial charge in [0.15, 0.2) is 0 Å². The minimum Gasteiger partial charge on any atom is -0.494 e. The molecule has 0 spiro atoms. The van der Waals surface area contributed by atoms with E-state index < -0.39 is 0 Å². The Labute approximate surface area is 150 Å². The zero-order valence-corrected chi connectivity index (χ0v) is 14.3. The van der Waals surface area contributed by atoms with Crippen LogP contribution in [-0.2, 0) is 13.0 Å². The minimum atomic E-state index is -0.0839. The highest BCUT2D eigenvalue weighted by Crippen LogP contribution is 2.28. The summed E-state index contributed by atoms with van der Waals surface area (Å²) in [5, 5.41) is 0. The van der Waals surface area contributed by atoms with Gasteiger partial charge in [-0.15, -0.1) is 0 Å². The van der Waals surface area contributed by atoms with Gasteiger partial charge in [0.2, 0.25) is 0 Å². The second-order valence-electron chi connectivity index (χ2n) is 5.94. The molecule has 3 aromatic rings. The van der Waals surface area contributed by atoms with E-state index in [2.05, 4.69) is 19.9 Å². The molecule has 0 saturated heterocycles. The van der Waals surface area contributed by atoms with Crippen molar-refractivity contribution in [3.05, 3.63) is 66.1 Å². The van der Waals surface area contributed by atoms with Crippen LogP contribution in [0.3, 0.4) is 0 Å². The zero-order chi connectivity index (χ0) is 17.9. The number of methoxy groups -OCH3 is 1. The molecule has 0 unspecified atom stereocenters. The molecule has 0 radical (unpaired) electrons. The molecule has 1 aliphatic rings. The van der Waals surface area contributed by atoms with Crippen LogP contribution in [0.15, 0.2) is 49.3 Å². The first-order valence-corrected chi connectivity index (χ1v) is 8.28. The highest BCUT2D eigenvalue weighted by molar-refractivity contribution is 5.97. The fraction of sp³-hybridized carbons (Fsp3) is 0.211. The van der Waals surface area contributed by atoms with Crippen LogP contribution in [0.5, 0.6) is 5.75 Å². The van der Waals surface area contributed by atoms with Gasteiger partial charge in [0.05, 0.1) is 30.3 Å². The van der Waals surface area contributed by atoms with E-state index in [9.17, 15) is 4.79 Å². The summed E-state index contributed by atoms with van der Waals surface area (Å²) < 4.78 is 5.28. The number of hydrogen-bond donors (Lipinski definition) is 0. The summed E-state index contributed by atoms with van der Waals surface area (Å²) >= 11 is 0. The van der Waals surface area contributed by atoms with Crippen molar-refractivity contribution >= 4 is 5.91 Å². The molecule has 26 heavy (non-hydrogen) atoms. The molecule has 1 aliphatic heterocycles. The topological polar surface area (TPSA) is 81.1 Å². The van der Waals surface area contributed by atoms with Crippen LogP contribution in [0.1, 0.15) is 21.6 Å². The summed E-state index contributed by atoms with van der Waals surface area (Å²) in [6.45, 7) is 1.06. The molecule has 0 bridgehead atoms. The van der Waals surface area contributed by atoms with Crippen molar-refractivity contribution in [2.45, 2.75) is 13.0 Å². The predicted octanol–water partition coefficient (Wildman–Crippen LogP) is 2.14. The number of fused-ring (bicyclic) bond motifs is 1. The first kappa shape index (κ1) is 16.1. The molecular weight excluding hydrogens is 330 g/mol. The molecule has 0 atom stereocenters. The summed E-state index contributed by atoms with van der Waals surface area (Å²) in [6, 6.07) is 5.51. The molecule has 4 rings (SSSR count). The lowest BCUT2D eigenvalue weighted by Crippen LogP contribution is -2.37. The molecule has 7 heteroatoms. The summed E-state index contributed by atoms with van der Waals surface area (Å²) in [5.41, 5.74) is 4.28. The molecule has 7 nitrogen and oxygen atoms in total. The summed E-state index contributed by atoms with van der Waals surface area (Å²) in [7, 11) is 1.54. The predicted molar refractivity (Wildman–Crippen MR) is 94.5 cm³/mol. The van der Waals surface area contributed by atoms with E-state index in [1.165, 1.54) is 7.11 Å². The first-order valence-electron chi connectivity index (χ1n) is 8.28. The number of rotatable bonds is 3. The maximum absolute atomic E-state index is 13.0. The van der Waals surface area contributed by atoms with Gasteiger partial charge in [-0.3, -0.25) is 14.8 Å². The lowest BCUT2D eigenvalue weighted by atomic mass is 9.99. The number of pyridine rings is 2. The van der Waals surface area contributed by atoms with Crippen molar-refractivity contribution in [3.63, 3.8) is 0 Å². The van der Waals surface area contributed by atoms with Gasteiger partial charge in [0.25, 0.3) is 5.91 Å². The van der Waals surface area contributed by atoms with Gasteiger partial charge < -0.3 is 9.64 Å². The van der Waals surface area contributed by atoms with Gasteiger partial charge >= 0.3 is 0 Å². The van der Waals surface area contributed by atoms with Crippen LogP contribution in [0.25, 0.3) is 11.3 Å². The standard InChI is InChI=1S/C19H17N5O2/c1-26-17-10-21-8-4-14(17)19(25)24-9-5-16-15(11-24)18(23-12-22-16)13-2-6-20-7-3-13/h2-4,6-8,10,12H,5,9,11H2,1H3. The normalized spacial score (nSPS) is 13.2. The van der Waals surface area contributed by atoms with E-state index in [0.29, 0.717) is 30.8 Å². The Balaban J connectivity index is 1.69. The first-order chi connectivity index (χ1) is 12.8. The average Bonchev–Trinajstić information content (AvgIpc) is 2.73. The second-order valence-corrected chi connectivity index (χ2v) is 5.94. The SMILES string of the molecule is COc1cnccc1C(=O)N1CCc2ncnc(-c3ccncc3)c2C1. The van der Waals surface area contributed by atoms with E-state index in [1.54, 1.807) is 42.1 Å². The molecule has 0 saturated carbocycles. The number of amides is 1. The van der Waals surface area contributed by atoms with Crippen molar-refractivity contribution in [1.29, 1.82) is 0 Å². The van der Waals surface area contributed by atoms with Crippen molar-refractivity contribution < 1.29 is 9.53 Å². The summed E-state index contributed by atoms with van der Waals surface area (Å²) in [4.78, 5) is 31.7. The Morgan fingerprint density at radius 1 is 1.12 bits per heavy atom. The smallest absolute Gasteiger partial charge is 0.258 e. The molecule has 0 aromatic carbocycles. The Morgan fingerprint density at radius 3 is 2.73 bits per heavy atom. The maximum Gasteiger partial charge on any atom is 0.258 e. The zero-order valence-electron chi connectivity index (χ0n) is 14.3. The molecule has 3 aromatic heterocycles. The average molecular weight is 347 g/mol. The largest absolute Gasteiger partial charge is 0.494 e. The number of carbonyl (C=O) groups is 1. The summed E-state index contributed by atoms with van der Waals surface area (Å²) in [5.74, 6) is 0.390. The fourth-order valence-electron chi connectivity index (χ4n) is 3.16. The number of hydrogen-bond acceptors (Lipinski definition) is 6. The van der Waals surface area contributed by atoms with Gasteiger partial charge in [-0.25, -0.2) is 9.97 Å². The quantitative estimate of drug-likeness (QED) is 0.722. The van der Waals surface area contributed by atoms with Gasteiger partial charge in [-0.05, 0) is 18.2 Å². The van der Waals surface area contributed by atoms with Crippen LogP contribution in [-0.4, -0.2) is 44.4 Å². The summed E-state index contributed by atoms with van der Waals surface area (Å²) in [6.07, 6.45) is 8.89. The number of ether oxygens (including phenoxy) is 1. The van der Waals surface area contributed by atoms with Crippen molar-refractivity contribution in [1.82, 2.24) is 24.8 Å². The van der Waals surface area contributed by atoms with E-state index in [0.717, 1.165) is 22.5 Å². The van der Waals surface area contributed by atoms with E-state index in [-0.39, 0.29) is 5.91 Å². The van der Waals surface area contributed by atoms with Crippen LogP contribution in [0, 0.1) is 0 Å². The van der Waals surface area contributed by atoms with Crippen LogP contribution in [0.4, 0.5) is 0 Å². The maximum atomic E-state index is 13.0. The minimum absolute atomic E-state index is 0.0839. The highest BCUT2D eigenvalue weighted by Gasteiger charge is 2.27. The van der Waals surface area contributed by atoms with Gasteiger partial charge in [0.1, 0.15) is 12.1 Å². The van der Waals surface area contributed by atoms with Crippen LogP contribution in [0.2, 0.25) is 0 Å². The van der Waals surface area contributed by atoms with Crippen molar-refractivity contribution in [2.24, 2.45) is 0 Å². The van der Waals surface area contributed by atoms with Gasteiger partial charge in [-0.2, -0.15) is 0 Å². The Hall–Kier alpha value is -3.35. The van der Waals surface area contributed by atoms with E-state index >= 15 is 0 Å². The number of aromatic nitrogens is 4. The monoisotopic (exact) mass is 347 g/mol. The molecule has 0 aliphatic carbocycles. The molecule has 0 fully saturated rings. The molecule has 130 valence electrons. The third kappa shape index (κ3) is 2.88. The molecular formula is C19H17N5O2. The Kier molecular flexibility index (Phi) is 4.27. The van der Waals surface area contributed by atoms with E-state index in [4.69, 9.17) is 4.74 Å². The lowest BCUT2D eigenvalue weighted by molar-refractivity contribution is 0.0730. The highest BCUT2D eigenvalue weighted by atomic mass is 16.5. The van der Waals surface area contributed by atoms with Crippen LogP contribution < -0.4 is 4.74 Å². The lowest BCUT2D eigenvalue weighted by Gasteiger charge is -2.29. The number of nitrogens with zero attached hydrogens (tertiary/aromatic N) is 5.